The molecule has 1 aromatic carbocycles. The van der Waals surface area contributed by atoms with Crippen molar-refractivity contribution in [1.82, 2.24) is 19.7 Å². The molecule has 160 valence electrons. The van der Waals surface area contributed by atoms with Crippen LogP contribution in [0.2, 0.25) is 0 Å². The molecule has 2 aromatic rings. The fraction of sp³-hybridized carbons (Fsp3) is 0.550. The molecule has 1 saturated heterocycles. The molecular weight excluding hydrogens is 388 g/mol. The van der Waals surface area contributed by atoms with Gasteiger partial charge in [0.1, 0.15) is 17.4 Å². The average molecular weight is 414 g/mol. The van der Waals surface area contributed by atoms with E-state index in [-0.39, 0.29) is 29.9 Å². The molecule has 0 bridgehead atoms. The van der Waals surface area contributed by atoms with Crippen LogP contribution in [0.15, 0.2) is 18.2 Å². The molecule has 3 heterocycles. The zero-order valence-corrected chi connectivity index (χ0v) is 17.0. The highest BCUT2D eigenvalue weighted by Crippen LogP contribution is 2.33. The van der Waals surface area contributed by atoms with E-state index in [0.29, 0.717) is 5.69 Å². The largest absolute Gasteiger partial charge is 0.494 e. The molecule has 1 N–H and O–H groups in total. The fourth-order valence-electron chi connectivity index (χ4n) is 4.33. The summed E-state index contributed by atoms with van der Waals surface area (Å²) in [5.41, 5.74) is 0.331. The summed E-state index contributed by atoms with van der Waals surface area (Å²) in [6, 6.07) is 4.23. The van der Waals surface area contributed by atoms with Crippen LogP contribution < -0.4 is 10.1 Å². The van der Waals surface area contributed by atoms with Gasteiger partial charge in [0.05, 0.1) is 36.4 Å². The van der Waals surface area contributed by atoms with Gasteiger partial charge in [0.2, 0.25) is 5.91 Å². The molecule has 0 spiro atoms. The smallest absolute Gasteiger partial charge is 0.273 e. The second-order valence-corrected chi connectivity index (χ2v) is 7.76. The molecule has 0 aliphatic carbocycles. The highest BCUT2D eigenvalue weighted by atomic mass is 16.6. The van der Waals surface area contributed by atoms with Gasteiger partial charge in [-0.25, -0.2) is 0 Å². The monoisotopic (exact) mass is 414 g/mol. The molecule has 1 fully saturated rings. The maximum Gasteiger partial charge on any atom is 0.273 e. The summed E-state index contributed by atoms with van der Waals surface area (Å²) < 4.78 is 7.45. The second-order valence-electron chi connectivity index (χ2n) is 7.76. The molecule has 4 rings (SSSR count). The van der Waals surface area contributed by atoms with E-state index in [0.717, 1.165) is 56.8 Å². The number of methoxy groups -OCH3 is 1. The van der Waals surface area contributed by atoms with Crippen LogP contribution in [0.25, 0.3) is 0 Å². The second kappa shape index (κ2) is 8.78. The number of nitro benzene ring substituents is 1. The maximum atomic E-state index is 12.7. The zero-order chi connectivity index (χ0) is 21.1. The van der Waals surface area contributed by atoms with Gasteiger partial charge < -0.3 is 14.6 Å². The maximum absolute atomic E-state index is 12.7. The number of hydrogen-bond acceptors (Lipinski definition) is 7. The zero-order valence-electron chi connectivity index (χ0n) is 17.0. The Labute approximate surface area is 174 Å². The third-order valence-corrected chi connectivity index (χ3v) is 5.82. The van der Waals surface area contributed by atoms with Crippen LogP contribution in [0.5, 0.6) is 5.75 Å². The number of aryl methyl sites for hydroxylation is 1. The molecule has 10 nitrogen and oxygen atoms in total. The summed E-state index contributed by atoms with van der Waals surface area (Å²) in [7, 11) is 1.42. The Kier molecular flexibility index (Phi) is 5.93. The van der Waals surface area contributed by atoms with Crippen molar-refractivity contribution in [2.24, 2.45) is 0 Å². The van der Waals surface area contributed by atoms with Gasteiger partial charge in [-0.3, -0.25) is 19.8 Å². The average Bonchev–Trinajstić information content (AvgIpc) is 3.27. The first-order valence-corrected chi connectivity index (χ1v) is 10.3. The normalized spacial score (nSPS) is 19.2. The van der Waals surface area contributed by atoms with E-state index in [1.54, 1.807) is 0 Å². The number of fused-ring (bicyclic) bond motifs is 1. The van der Waals surface area contributed by atoms with Gasteiger partial charge >= 0.3 is 0 Å². The number of nitrogens with zero attached hydrogens (tertiary/aromatic N) is 5. The van der Waals surface area contributed by atoms with E-state index in [1.165, 1.54) is 31.7 Å². The number of rotatable bonds is 6. The van der Waals surface area contributed by atoms with Crippen molar-refractivity contribution in [3.63, 3.8) is 0 Å². The third-order valence-electron chi connectivity index (χ3n) is 5.82. The molecule has 1 aromatic heterocycles. The molecule has 30 heavy (non-hydrogen) atoms. The number of nitro groups is 1. The lowest BCUT2D eigenvalue weighted by Crippen LogP contribution is -2.34. The summed E-state index contributed by atoms with van der Waals surface area (Å²) in [5.74, 6) is 2.09. The van der Waals surface area contributed by atoms with Gasteiger partial charge in [0.15, 0.2) is 0 Å². The van der Waals surface area contributed by atoms with Gasteiger partial charge in [-0.1, -0.05) is 6.42 Å². The minimum absolute atomic E-state index is 0.0776. The number of nitrogens with one attached hydrogen (secondary N) is 1. The summed E-state index contributed by atoms with van der Waals surface area (Å²) in [5, 5.41) is 22.6. The summed E-state index contributed by atoms with van der Waals surface area (Å²) in [4.78, 5) is 25.3. The Morgan fingerprint density at radius 3 is 2.93 bits per heavy atom. The fourth-order valence-corrected chi connectivity index (χ4v) is 4.33. The summed E-state index contributed by atoms with van der Waals surface area (Å²) in [6.07, 6.45) is 6.39. The Morgan fingerprint density at radius 2 is 2.13 bits per heavy atom. The van der Waals surface area contributed by atoms with Crippen molar-refractivity contribution in [2.75, 3.05) is 25.5 Å². The van der Waals surface area contributed by atoms with Crippen LogP contribution in [0, 0.1) is 10.1 Å². The summed E-state index contributed by atoms with van der Waals surface area (Å²) in [6.45, 7) is 1.97. The first kappa shape index (κ1) is 20.3. The number of anilines is 1. The molecule has 2 aliphatic heterocycles. The number of amides is 1. The minimum atomic E-state index is -0.496. The van der Waals surface area contributed by atoms with Crippen molar-refractivity contribution in [1.29, 1.82) is 0 Å². The third kappa shape index (κ3) is 4.13. The van der Waals surface area contributed by atoms with Gasteiger partial charge in [-0.05, 0) is 38.3 Å². The predicted octanol–water partition coefficient (Wildman–Crippen LogP) is 2.70. The molecule has 10 heteroatoms. The van der Waals surface area contributed by atoms with Gasteiger partial charge in [-0.2, -0.15) is 0 Å². The molecule has 1 unspecified atom stereocenters. The van der Waals surface area contributed by atoms with Crippen molar-refractivity contribution in [2.45, 2.75) is 51.1 Å². The van der Waals surface area contributed by atoms with Gasteiger partial charge in [0.25, 0.3) is 5.69 Å². The topological polar surface area (TPSA) is 115 Å². The lowest BCUT2D eigenvalue weighted by molar-refractivity contribution is -0.384. The number of carbonyl (C=O) groups excluding carboxylic acids is 1. The number of hydrogen-bond donors (Lipinski definition) is 1. The molecule has 0 radical (unpaired) electrons. The van der Waals surface area contributed by atoms with Crippen molar-refractivity contribution >= 4 is 17.3 Å². The van der Waals surface area contributed by atoms with Gasteiger partial charge in [-0.15, -0.1) is 10.2 Å². The SMILES string of the molecule is COc1cc([N+](=O)[O-])ccc1NC(=O)CN1CCCC1c1nnc2n1CCCCC2. The van der Waals surface area contributed by atoms with E-state index in [2.05, 4.69) is 25.0 Å². The first-order valence-electron chi connectivity index (χ1n) is 10.3. The van der Waals surface area contributed by atoms with Crippen molar-refractivity contribution < 1.29 is 14.5 Å². The molecule has 2 aliphatic rings. The van der Waals surface area contributed by atoms with Crippen LogP contribution in [0.3, 0.4) is 0 Å². The molecule has 1 atom stereocenters. The Morgan fingerprint density at radius 1 is 1.27 bits per heavy atom. The number of aromatic nitrogens is 3. The lowest BCUT2D eigenvalue weighted by Gasteiger charge is -2.24. The highest BCUT2D eigenvalue weighted by Gasteiger charge is 2.32. The Bertz CT molecular complexity index is 943. The van der Waals surface area contributed by atoms with E-state index in [1.807, 2.05) is 0 Å². The standard InChI is InChI=1S/C20H26N6O4/c1-30-17-12-14(26(28)29)8-9-15(17)21-19(27)13-24-10-5-6-16(24)20-23-22-18-7-3-2-4-11-25(18)20/h8-9,12,16H,2-7,10-11,13H2,1H3,(H,21,27). The summed E-state index contributed by atoms with van der Waals surface area (Å²) >= 11 is 0. The number of likely N-dealkylation sites (tertiary alicyclic amines) is 1. The van der Waals surface area contributed by atoms with Crippen LogP contribution in [0.4, 0.5) is 11.4 Å². The van der Waals surface area contributed by atoms with E-state index >= 15 is 0 Å². The number of carbonyl (C=O) groups is 1. The van der Waals surface area contributed by atoms with Gasteiger partial charge in [0, 0.05) is 19.0 Å². The Balaban J connectivity index is 1.46. The predicted molar refractivity (Wildman–Crippen MR) is 109 cm³/mol. The van der Waals surface area contributed by atoms with E-state index in [9.17, 15) is 14.9 Å². The lowest BCUT2D eigenvalue weighted by atomic mass is 10.2. The highest BCUT2D eigenvalue weighted by molar-refractivity contribution is 5.94. The van der Waals surface area contributed by atoms with Crippen LogP contribution >= 0.6 is 0 Å². The van der Waals surface area contributed by atoms with Crippen molar-refractivity contribution in [3.05, 3.63) is 40.0 Å². The molecular formula is C20H26N6O4. The molecule has 1 amide bonds. The van der Waals surface area contributed by atoms with Crippen LogP contribution in [-0.2, 0) is 17.8 Å². The minimum Gasteiger partial charge on any atom is -0.494 e. The first-order chi connectivity index (χ1) is 14.6. The Hall–Kier alpha value is -3.01. The van der Waals surface area contributed by atoms with E-state index < -0.39 is 4.92 Å². The quantitative estimate of drug-likeness (QED) is 0.571. The van der Waals surface area contributed by atoms with E-state index in [4.69, 9.17) is 4.74 Å². The van der Waals surface area contributed by atoms with Crippen molar-refractivity contribution in [3.8, 4) is 5.75 Å². The van der Waals surface area contributed by atoms with Crippen LogP contribution in [-0.4, -0.2) is 50.7 Å². The van der Waals surface area contributed by atoms with Crippen LogP contribution in [0.1, 0.15) is 49.8 Å². The number of benzene rings is 1. The molecule has 0 saturated carbocycles. The number of non-ortho nitro benzene ring substituents is 1. The number of ether oxygens (including phenoxy) is 1.